The van der Waals surface area contributed by atoms with Crippen LogP contribution >= 0.6 is 24.0 Å². The Bertz CT molecular complexity index is 901. The molecule has 1 aliphatic rings. The van der Waals surface area contributed by atoms with Crippen LogP contribution in [0.15, 0.2) is 53.1 Å². The van der Waals surface area contributed by atoms with Crippen LogP contribution in [0.25, 0.3) is 11.5 Å². The molecule has 1 saturated heterocycles. The average molecular weight is 421 g/mol. The van der Waals surface area contributed by atoms with Crippen molar-refractivity contribution in [3.8, 4) is 17.2 Å². The lowest BCUT2D eigenvalue weighted by atomic mass is 10.0. The van der Waals surface area contributed by atoms with Gasteiger partial charge in [-0.15, -0.1) is 12.4 Å². The van der Waals surface area contributed by atoms with Gasteiger partial charge in [-0.05, 0) is 35.9 Å². The van der Waals surface area contributed by atoms with Crippen molar-refractivity contribution in [2.75, 3.05) is 26.7 Å². The van der Waals surface area contributed by atoms with E-state index in [2.05, 4.69) is 26.4 Å². The largest absolute Gasteiger partial charge is 0.497 e. The Hall–Kier alpha value is -2.12. The van der Waals surface area contributed by atoms with E-state index >= 15 is 0 Å². The minimum Gasteiger partial charge on any atom is -0.497 e. The van der Waals surface area contributed by atoms with Gasteiger partial charge < -0.3 is 14.6 Å². The molecule has 2 heterocycles. The highest BCUT2D eigenvalue weighted by Gasteiger charge is 2.26. The molecule has 28 heavy (non-hydrogen) atoms. The molecule has 148 valence electrons. The van der Waals surface area contributed by atoms with E-state index in [1.165, 1.54) is 0 Å². The fraction of sp³-hybridized carbons (Fsp3) is 0.300. The third-order valence-electron chi connectivity index (χ3n) is 4.77. The van der Waals surface area contributed by atoms with E-state index in [1.54, 1.807) is 7.11 Å². The van der Waals surface area contributed by atoms with E-state index in [9.17, 15) is 0 Å². The number of methoxy groups -OCH3 is 1. The van der Waals surface area contributed by atoms with Crippen LogP contribution in [0.4, 0.5) is 0 Å². The predicted molar refractivity (Wildman–Crippen MR) is 111 cm³/mol. The maximum atomic E-state index is 6.42. The van der Waals surface area contributed by atoms with Gasteiger partial charge in [0, 0.05) is 36.3 Å². The Morgan fingerprint density at radius 2 is 2.00 bits per heavy atom. The lowest BCUT2D eigenvalue weighted by Gasteiger charge is -2.36. The molecule has 2 aromatic carbocycles. The minimum atomic E-state index is 0. The van der Waals surface area contributed by atoms with Gasteiger partial charge in [0.2, 0.25) is 0 Å². The highest BCUT2D eigenvalue weighted by molar-refractivity contribution is 6.31. The van der Waals surface area contributed by atoms with E-state index < -0.39 is 0 Å². The van der Waals surface area contributed by atoms with Crippen molar-refractivity contribution in [3.05, 3.63) is 64.9 Å². The standard InChI is InChI=1S/C20H21ClN4O2.ClH/c1-26-15-8-6-14(7-9-15)20-23-19(24-27-20)13-25-11-10-22-12-18(25)16-4-2-3-5-17(16)21;/h2-9,18,22H,10-13H2,1H3;1H. The van der Waals surface area contributed by atoms with Gasteiger partial charge in [0.05, 0.1) is 13.7 Å². The number of benzene rings is 2. The van der Waals surface area contributed by atoms with Crippen LogP contribution in [0.1, 0.15) is 17.4 Å². The number of rotatable bonds is 5. The molecule has 1 unspecified atom stereocenters. The Balaban J connectivity index is 0.00000225. The number of ether oxygens (including phenoxy) is 1. The van der Waals surface area contributed by atoms with Crippen LogP contribution in [0.2, 0.25) is 5.02 Å². The number of halogens is 2. The third-order valence-corrected chi connectivity index (χ3v) is 5.11. The normalized spacial score (nSPS) is 17.1. The number of aromatic nitrogens is 2. The molecule has 4 rings (SSSR count). The first-order chi connectivity index (χ1) is 13.2. The maximum absolute atomic E-state index is 6.42. The molecule has 6 nitrogen and oxygen atoms in total. The van der Waals surface area contributed by atoms with Crippen molar-refractivity contribution in [3.63, 3.8) is 0 Å². The zero-order chi connectivity index (χ0) is 18.6. The van der Waals surface area contributed by atoms with Crippen molar-refractivity contribution >= 4 is 24.0 Å². The Morgan fingerprint density at radius 3 is 2.75 bits per heavy atom. The SMILES string of the molecule is COc1ccc(-c2nc(CN3CCNCC3c3ccccc3Cl)no2)cc1.Cl. The van der Waals surface area contributed by atoms with Gasteiger partial charge in [-0.3, -0.25) is 4.90 Å². The second-order valence-corrected chi connectivity index (χ2v) is 6.86. The highest BCUT2D eigenvalue weighted by Crippen LogP contribution is 2.29. The molecule has 0 amide bonds. The molecule has 8 heteroatoms. The quantitative estimate of drug-likeness (QED) is 0.673. The van der Waals surface area contributed by atoms with Gasteiger partial charge in [-0.1, -0.05) is 35.0 Å². The molecular weight excluding hydrogens is 399 g/mol. The summed E-state index contributed by atoms with van der Waals surface area (Å²) in [7, 11) is 1.64. The van der Waals surface area contributed by atoms with Crippen LogP contribution < -0.4 is 10.1 Å². The fourth-order valence-corrected chi connectivity index (χ4v) is 3.60. The summed E-state index contributed by atoms with van der Waals surface area (Å²) in [6, 6.07) is 15.7. The summed E-state index contributed by atoms with van der Waals surface area (Å²) in [5.41, 5.74) is 1.99. The molecule has 1 atom stereocenters. The minimum absolute atomic E-state index is 0. The van der Waals surface area contributed by atoms with E-state index in [-0.39, 0.29) is 18.4 Å². The zero-order valence-electron chi connectivity index (χ0n) is 15.5. The van der Waals surface area contributed by atoms with Crippen LogP contribution in [-0.4, -0.2) is 41.8 Å². The Labute approximate surface area is 175 Å². The Morgan fingerprint density at radius 1 is 1.21 bits per heavy atom. The molecule has 0 saturated carbocycles. The van der Waals surface area contributed by atoms with Crippen LogP contribution in [0, 0.1) is 0 Å². The van der Waals surface area contributed by atoms with Crippen molar-refractivity contribution in [2.45, 2.75) is 12.6 Å². The second kappa shape index (κ2) is 9.39. The highest BCUT2D eigenvalue weighted by atomic mass is 35.5. The lowest BCUT2D eigenvalue weighted by molar-refractivity contribution is 0.148. The smallest absolute Gasteiger partial charge is 0.257 e. The van der Waals surface area contributed by atoms with Crippen molar-refractivity contribution in [2.24, 2.45) is 0 Å². The maximum Gasteiger partial charge on any atom is 0.257 e. The fourth-order valence-electron chi connectivity index (χ4n) is 3.34. The summed E-state index contributed by atoms with van der Waals surface area (Å²) >= 11 is 6.42. The number of hydrogen-bond donors (Lipinski definition) is 1. The molecule has 1 aliphatic heterocycles. The molecule has 1 fully saturated rings. The van der Waals surface area contributed by atoms with Gasteiger partial charge in [-0.25, -0.2) is 0 Å². The van der Waals surface area contributed by atoms with Crippen molar-refractivity contribution < 1.29 is 9.26 Å². The van der Waals surface area contributed by atoms with Gasteiger partial charge in [0.1, 0.15) is 5.75 Å². The van der Waals surface area contributed by atoms with E-state index in [4.69, 9.17) is 20.9 Å². The number of piperazine rings is 1. The number of hydrogen-bond acceptors (Lipinski definition) is 6. The summed E-state index contributed by atoms with van der Waals surface area (Å²) in [5, 5.41) is 8.39. The average Bonchev–Trinajstić information content (AvgIpc) is 3.18. The molecule has 0 bridgehead atoms. The molecule has 1 N–H and O–H groups in total. The molecule has 3 aromatic rings. The Kier molecular flexibility index (Phi) is 6.91. The molecule has 0 radical (unpaired) electrons. The van der Waals surface area contributed by atoms with Crippen molar-refractivity contribution in [1.29, 1.82) is 0 Å². The van der Waals surface area contributed by atoms with Crippen molar-refractivity contribution in [1.82, 2.24) is 20.4 Å². The topological polar surface area (TPSA) is 63.4 Å². The van der Waals surface area contributed by atoms with Gasteiger partial charge in [-0.2, -0.15) is 4.98 Å². The third kappa shape index (κ3) is 4.47. The summed E-state index contributed by atoms with van der Waals surface area (Å²) in [6.07, 6.45) is 0. The summed E-state index contributed by atoms with van der Waals surface area (Å²) in [6.45, 7) is 3.26. The van der Waals surface area contributed by atoms with Crippen LogP contribution in [0.5, 0.6) is 5.75 Å². The number of nitrogens with zero attached hydrogens (tertiary/aromatic N) is 3. The zero-order valence-corrected chi connectivity index (χ0v) is 17.0. The van der Waals surface area contributed by atoms with Gasteiger partial charge >= 0.3 is 0 Å². The molecular formula is C20H22Cl2N4O2. The van der Waals surface area contributed by atoms with E-state index in [1.807, 2.05) is 42.5 Å². The van der Waals surface area contributed by atoms with E-state index in [0.717, 1.165) is 41.5 Å². The monoisotopic (exact) mass is 420 g/mol. The number of nitrogens with one attached hydrogen (secondary N) is 1. The van der Waals surface area contributed by atoms with Crippen LogP contribution in [0.3, 0.4) is 0 Å². The first-order valence-electron chi connectivity index (χ1n) is 8.91. The summed E-state index contributed by atoms with van der Waals surface area (Å²) < 4.78 is 10.6. The molecule has 0 spiro atoms. The van der Waals surface area contributed by atoms with Gasteiger partial charge in [0.15, 0.2) is 5.82 Å². The molecule has 1 aromatic heterocycles. The van der Waals surface area contributed by atoms with E-state index in [0.29, 0.717) is 18.3 Å². The molecule has 0 aliphatic carbocycles. The predicted octanol–water partition coefficient (Wildman–Crippen LogP) is 3.97. The summed E-state index contributed by atoms with van der Waals surface area (Å²) in [4.78, 5) is 6.90. The van der Waals surface area contributed by atoms with Crippen LogP contribution in [-0.2, 0) is 6.54 Å². The summed E-state index contributed by atoms with van der Waals surface area (Å²) in [5.74, 6) is 1.97. The lowest BCUT2D eigenvalue weighted by Crippen LogP contribution is -2.45. The first-order valence-corrected chi connectivity index (χ1v) is 9.28. The van der Waals surface area contributed by atoms with Gasteiger partial charge in [0.25, 0.3) is 5.89 Å². The first kappa shape index (κ1) is 20.6. The second-order valence-electron chi connectivity index (χ2n) is 6.46.